The molecule has 1 amide bonds. The third-order valence-electron chi connectivity index (χ3n) is 2.46. The average Bonchev–Trinajstić information content (AvgIpc) is 2.20. The van der Waals surface area contributed by atoms with Gasteiger partial charge in [-0.05, 0) is 12.8 Å². The SMILES string of the molecule is NC(=O)CN1CCC(NS(=O)(=O)CCl)CC1. The summed E-state index contributed by atoms with van der Waals surface area (Å²) in [4.78, 5) is 12.6. The first-order chi connectivity index (χ1) is 7.43. The second-order valence-electron chi connectivity index (χ2n) is 3.86. The average molecular weight is 270 g/mol. The molecule has 0 radical (unpaired) electrons. The molecule has 0 aromatic heterocycles. The maximum atomic E-state index is 11.2. The summed E-state index contributed by atoms with van der Waals surface area (Å²) >= 11 is 5.29. The lowest BCUT2D eigenvalue weighted by molar-refractivity contribution is -0.119. The Labute approximate surface area is 100 Å². The first kappa shape index (κ1) is 13.7. The Morgan fingerprint density at radius 1 is 1.44 bits per heavy atom. The van der Waals surface area contributed by atoms with Gasteiger partial charge in [-0.25, -0.2) is 13.1 Å². The number of amides is 1. The molecule has 0 aromatic carbocycles. The largest absolute Gasteiger partial charge is 0.369 e. The van der Waals surface area contributed by atoms with Crippen molar-refractivity contribution in [2.24, 2.45) is 5.73 Å². The number of hydrogen-bond donors (Lipinski definition) is 2. The number of hydrogen-bond acceptors (Lipinski definition) is 4. The molecule has 0 saturated carbocycles. The Morgan fingerprint density at radius 2 is 2.00 bits per heavy atom. The lowest BCUT2D eigenvalue weighted by atomic mass is 10.1. The molecule has 1 fully saturated rings. The fourth-order valence-electron chi connectivity index (χ4n) is 1.71. The zero-order valence-electron chi connectivity index (χ0n) is 8.86. The fraction of sp³-hybridized carbons (Fsp3) is 0.875. The van der Waals surface area contributed by atoms with E-state index in [1.54, 1.807) is 0 Å². The maximum absolute atomic E-state index is 11.2. The highest BCUT2D eigenvalue weighted by Gasteiger charge is 2.23. The summed E-state index contributed by atoms with van der Waals surface area (Å²) in [6.45, 7) is 1.56. The van der Waals surface area contributed by atoms with Gasteiger partial charge in [-0.2, -0.15) is 0 Å². The number of nitrogens with one attached hydrogen (secondary N) is 1. The first-order valence-electron chi connectivity index (χ1n) is 4.99. The summed E-state index contributed by atoms with van der Waals surface area (Å²) in [5.41, 5.74) is 5.07. The van der Waals surface area contributed by atoms with Crippen LogP contribution in [0.3, 0.4) is 0 Å². The molecule has 0 aromatic rings. The summed E-state index contributed by atoms with van der Waals surface area (Å²) in [6, 6.07) is -0.0899. The van der Waals surface area contributed by atoms with Gasteiger partial charge >= 0.3 is 0 Å². The van der Waals surface area contributed by atoms with Gasteiger partial charge in [0.25, 0.3) is 0 Å². The van der Waals surface area contributed by atoms with Crippen LogP contribution in [0.5, 0.6) is 0 Å². The third-order valence-corrected chi connectivity index (χ3v) is 4.30. The maximum Gasteiger partial charge on any atom is 0.231 e. The number of piperidine rings is 1. The standard InChI is InChI=1S/C8H16ClN3O3S/c9-6-16(14,15)11-7-1-3-12(4-2-7)5-8(10)13/h7,11H,1-6H2,(H2,10,13). The Morgan fingerprint density at radius 3 is 2.44 bits per heavy atom. The van der Waals surface area contributed by atoms with Crippen LogP contribution >= 0.6 is 11.6 Å². The zero-order chi connectivity index (χ0) is 12.2. The molecule has 0 aliphatic carbocycles. The van der Waals surface area contributed by atoms with Crippen LogP contribution in [-0.2, 0) is 14.8 Å². The van der Waals surface area contributed by atoms with Crippen molar-refractivity contribution in [3.05, 3.63) is 0 Å². The predicted octanol–water partition coefficient (Wildman–Crippen LogP) is -0.948. The van der Waals surface area contributed by atoms with Crippen molar-refractivity contribution in [3.63, 3.8) is 0 Å². The minimum Gasteiger partial charge on any atom is -0.369 e. The Balaban J connectivity index is 2.35. The van der Waals surface area contributed by atoms with Crippen molar-refractivity contribution >= 4 is 27.5 Å². The molecule has 0 spiro atoms. The van der Waals surface area contributed by atoms with Crippen molar-refractivity contribution in [1.82, 2.24) is 9.62 Å². The van der Waals surface area contributed by atoms with Crippen molar-refractivity contribution in [1.29, 1.82) is 0 Å². The van der Waals surface area contributed by atoms with Gasteiger partial charge in [0.05, 0.1) is 6.54 Å². The van der Waals surface area contributed by atoms with E-state index in [2.05, 4.69) is 4.72 Å². The van der Waals surface area contributed by atoms with Crippen molar-refractivity contribution < 1.29 is 13.2 Å². The van der Waals surface area contributed by atoms with Crippen LogP contribution in [0.15, 0.2) is 0 Å². The zero-order valence-corrected chi connectivity index (χ0v) is 10.4. The number of nitrogens with two attached hydrogens (primary N) is 1. The summed E-state index contributed by atoms with van der Waals surface area (Å²) in [5, 5.41) is -0.422. The lowest BCUT2D eigenvalue weighted by Gasteiger charge is -2.31. The molecule has 6 nitrogen and oxygen atoms in total. The Hall–Kier alpha value is -0.370. The number of sulfonamides is 1. The minimum atomic E-state index is -3.35. The van der Waals surface area contributed by atoms with E-state index in [0.29, 0.717) is 25.9 Å². The van der Waals surface area contributed by atoms with Crippen LogP contribution in [0.4, 0.5) is 0 Å². The molecule has 1 saturated heterocycles. The topological polar surface area (TPSA) is 92.5 Å². The Kier molecular flexibility index (Phi) is 4.97. The monoisotopic (exact) mass is 269 g/mol. The summed E-state index contributed by atoms with van der Waals surface area (Å²) in [6.07, 6.45) is 1.34. The van der Waals surface area contributed by atoms with Gasteiger partial charge in [0.15, 0.2) is 0 Å². The highest BCUT2D eigenvalue weighted by atomic mass is 35.5. The van der Waals surface area contributed by atoms with Crippen LogP contribution in [0.1, 0.15) is 12.8 Å². The third kappa shape index (κ3) is 4.65. The van der Waals surface area contributed by atoms with E-state index in [4.69, 9.17) is 17.3 Å². The second kappa shape index (κ2) is 5.81. The van der Waals surface area contributed by atoms with Crippen LogP contribution in [0.2, 0.25) is 0 Å². The van der Waals surface area contributed by atoms with E-state index in [-0.39, 0.29) is 18.5 Å². The van der Waals surface area contributed by atoms with Crippen LogP contribution in [0, 0.1) is 0 Å². The molecule has 1 aliphatic rings. The summed E-state index contributed by atoms with van der Waals surface area (Å²) in [5.74, 6) is -0.361. The molecule has 8 heteroatoms. The van der Waals surface area contributed by atoms with Crippen LogP contribution < -0.4 is 10.5 Å². The van der Waals surface area contributed by atoms with Gasteiger partial charge < -0.3 is 5.73 Å². The molecule has 1 aliphatic heterocycles. The smallest absolute Gasteiger partial charge is 0.231 e. The van der Waals surface area contributed by atoms with Crippen molar-refractivity contribution in [2.75, 3.05) is 24.8 Å². The molecule has 0 atom stereocenters. The quantitative estimate of drug-likeness (QED) is 0.630. The predicted molar refractivity (Wildman–Crippen MR) is 61.4 cm³/mol. The Bertz CT molecular complexity index is 338. The number of alkyl halides is 1. The number of primary amides is 1. The minimum absolute atomic E-state index is 0.0899. The van der Waals surface area contributed by atoms with Crippen LogP contribution in [-0.4, -0.2) is 50.1 Å². The van der Waals surface area contributed by atoms with Gasteiger partial charge in [0.1, 0.15) is 5.21 Å². The van der Waals surface area contributed by atoms with Crippen LogP contribution in [0.25, 0.3) is 0 Å². The summed E-state index contributed by atoms with van der Waals surface area (Å²) < 4.78 is 24.9. The lowest BCUT2D eigenvalue weighted by Crippen LogP contribution is -2.46. The van der Waals surface area contributed by atoms with E-state index >= 15 is 0 Å². The molecule has 0 bridgehead atoms. The van der Waals surface area contributed by atoms with Crippen molar-refractivity contribution in [3.8, 4) is 0 Å². The van der Waals surface area contributed by atoms with E-state index in [1.165, 1.54) is 0 Å². The number of rotatable bonds is 5. The number of halogens is 1. The molecule has 0 unspecified atom stereocenters. The van der Waals surface area contributed by atoms with E-state index < -0.39 is 15.2 Å². The molecule has 1 rings (SSSR count). The highest BCUT2D eigenvalue weighted by Crippen LogP contribution is 2.11. The molecular weight excluding hydrogens is 254 g/mol. The van der Waals surface area contributed by atoms with Gasteiger partial charge in [0.2, 0.25) is 15.9 Å². The number of likely N-dealkylation sites (tertiary alicyclic amines) is 1. The van der Waals surface area contributed by atoms with Gasteiger partial charge in [-0.1, -0.05) is 0 Å². The number of carbonyl (C=O) groups is 1. The first-order valence-corrected chi connectivity index (χ1v) is 7.18. The van der Waals surface area contributed by atoms with Crippen molar-refractivity contribution in [2.45, 2.75) is 18.9 Å². The fourth-order valence-corrected chi connectivity index (χ4v) is 2.71. The van der Waals surface area contributed by atoms with E-state index in [9.17, 15) is 13.2 Å². The van der Waals surface area contributed by atoms with Gasteiger partial charge in [-0.15, -0.1) is 11.6 Å². The molecule has 94 valence electrons. The second-order valence-corrected chi connectivity index (χ2v) is 6.20. The molecule has 16 heavy (non-hydrogen) atoms. The van der Waals surface area contributed by atoms with E-state index in [1.807, 2.05) is 4.90 Å². The molecule has 1 heterocycles. The highest BCUT2D eigenvalue weighted by molar-refractivity contribution is 7.90. The molecule has 3 N–H and O–H groups in total. The summed E-state index contributed by atoms with van der Waals surface area (Å²) in [7, 11) is -3.35. The number of carbonyl (C=O) groups excluding carboxylic acids is 1. The van der Waals surface area contributed by atoms with Gasteiger partial charge in [0, 0.05) is 19.1 Å². The number of nitrogens with zero attached hydrogens (tertiary/aromatic N) is 1. The van der Waals surface area contributed by atoms with Gasteiger partial charge in [-0.3, -0.25) is 9.69 Å². The van der Waals surface area contributed by atoms with E-state index in [0.717, 1.165) is 0 Å². The molecular formula is C8H16ClN3O3S. The normalized spacial score (nSPS) is 19.8.